The molecule has 1 aromatic rings. The summed E-state index contributed by atoms with van der Waals surface area (Å²) in [6.45, 7) is -0.250. The standard InChI is InChI=1S/C4H3NO3.CH2O2/c6-4(7)3-1-2-5-8-3;2-1-3/h1-2H,(H,6,7);1H,(H,2,3). The molecular formula is C5H5NO5. The molecule has 1 aromatic heterocycles. The molecule has 1 heterocycles. The van der Waals surface area contributed by atoms with Gasteiger partial charge in [0.25, 0.3) is 6.47 Å². The minimum Gasteiger partial charge on any atom is -0.483 e. The van der Waals surface area contributed by atoms with Crippen LogP contribution in [0.15, 0.2) is 16.8 Å². The minimum absolute atomic E-state index is 0.134. The molecule has 0 saturated heterocycles. The zero-order chi connectivity index (χ0) is 8.69. The van der Waals surface area contributed by atoms with Crippen LogP contribution in [0.2, 0.25) is 0 Å². The van der Waals surface area contributed by atoms with E-state index in [1.165, 1.54) is 12.3 Å². The van der Waals surface area contributed by atoms with E-state index >= 15 is 0 Å². The second-order valence-electron chi connectivity index (χ2n) is 1.29. The molecule has 0 fully saturated rings. The van der Waals surface area contributed by atoms with Crippen LogP contribution in [0.25, 0.3) is 0 Å². The molecule has 0 aliphatic carbocycles. The summed E-state index contributed by atoms with van der Waals surface area (Å²) < 4.78 is 4.25. The lowest BCUT2D eigenvalue weighted by atomic mass is 10.5. The van der Waals surface area contributed by atoms with Crippen LogP contribution < -0.4 is 0 Å². The van der Waals surface area contributed by atoms with Gasteiger partial charge in [-0.1, -0.05) is 5.16 Å². The van der Waals surface area contributed by atoms with Crippen molar-refractivity contribution in [1.29, 1.82) is 0 Å². The molecule has 0 radical (unpaired) electrons. The number of carbonyl (C=O) groups is 2. The van der Waals surface area contributed by atoms with Gasteiger partial charge in [-0.15, -0.1) is 0 Å². The van der Waals surface area contributed by atoms with Crippen LogP contribution >= 0.6 is 0 Å². The Labute approximate surface area is 61.0 Å². The van der Waals surface area contributed by atoms with Crippen molar-refractivity contribution in [3.05, 3.63) is 18.0 Å². The maximum Gasteiger partial charge on any atom is 0.374 e. The van der Waals surface area contributed by atoms with Gasteiger partial charge in [-0.3, -0.25) is 4.79 Å². The molecule has 0 aromatic carbocycles. The van der Waals surface area contributed by atoms with Gasteiger partial charge < -0.3 is 14.7 Å². The Morgan fingerprint density at radius 1 is 1.73 bits per heavy atom. The van der Waals surface area contributed by atoms with Crippen LogP contribution in [0.3, 0.4) is 0 Å². The SMILES string of the molecule is O=C(O)c1ccno1.O=CO. The van der Waals surface area contributed by atoms with Gasteiger partial charge in [0.15, 0.2) is 0 Å². The molecule has 6 nitrogen and oxygen atoms in total. The highest BCUT2D eigenvalue weighted by Gasteiger charge is 2.03. The average Bonchev–Trinajstić information content (AvgIpc) is 2.38. The van der Waals surface area contributed by atoms with Crippen LogP contribution in [0, 0.1) is 0 Å². The van der Waals surface area contributed by atoms with E-state index in [9.17, 15) is 4.79 Å². The fourth-order valence-corrected chi connectivity index (χ4v) is 0.326. The Bertz CT molecular complexity index is 217. The Morgan fingerprint density at radius 3 is 2.45 bits per heavy atom. The molecule has 0 aliphatic heterocycles. The fourth-order valence-electron chi connectivity index (χ4n) is 0.326. The van der Waals surface area contributed by atoms with Gasteiger partial charge in [0.1, 0.15) is 0 Å². The highest BCUT2D eigenvalue weighted by molar-refractivity contribution is 5.83. The first kappa shape index (κ1) is 9.15. The first-order valence-corrected chi connectivity index (χ1v) is 2.44. The van der Waals surface area contributed by atoms with E-state index in [0.29, 0.717) is 0 Å². The molecule has 6 heteroatoms. The molecule has 0 amide bonds. The number of rotatable bonds is 1. The van der Waals surface area contributed by atoms with E-state index in [0.717, 1.165) is 0 Å². The Hall–Kier alpha value is -1.85. The summed E-state index contributed by atoms with van der Waals surface area (Å²) in [5.41, 5.74) is 0. The molecule has 2 N–H and O–H groups in total. The Balaban J connectivity index is 0.000000292. The summed E-state index contributed by atoms with van der Waals surface area (Å²) in [6, 6.07) is 1.28. The smallest absolute Gasteiger partial charge is 0.374 e. The van der Waals surface area contributed by atoms with Gasteiger partial charge in [0, 0.05) is 6.07 Å². The molecule has 0 aliphatic rings. The minimum atomic E-state index is -1.09. The molecule has 0 atom stereocenters. The summed E-state index contributed by atoms with van der Waals surface area (Å²) in [5.74, 6) is -1.23. The Kier molecular flexibility index (Phi) is 4.14. The number of carboxylic acid groups (broad SMARTS) is 2. The lowest BCUT2D eigenvalue weighted by Crippen LogP contribution is -1.91. The number of carboxylic acids is 1. The van der Waals surface area contributed by atoms with Gasteiger partial charge >= 0.3 is 5.97 Å². The Morgan fingerprint density at radius 2 is 2.27 bits per heavy atom. The van der Waals surface area contributed by atoms with Crippen LogP contribution in [-0.2, 0) is 4.79 Å². The number of aromatic carboxylic acids is 1. The molecule has 0 bridgehead atoms. The van der Waals surface area contributed by atoms with Crippen LogP contribution in [0.5, 0.6) is 0 Å². The average molecular weight is 159 g/mol. The van der Waals surface area contributed by atoms with Crippen molar-refractivity contribution >= 4 is 12.4 Å². The summed E-state index contributed by atoms with van der Waals surface area (Å²) in [7, 11) is 0. The summed E-state index contributed by atoms with van der Waals surface area (Å²) in [4.78, 5) is 18.3. The molecule has 1 rings (SSSR count). The van der Waals surface area contributed by atoms with E-state index < -0.39 is 5.97 Å². The summed E-state index contributed by atoms with van der Waals surface area (Å²) in [6.07, 6.45) is 1.28. The molecule has 60 valence electrons. The fraction of sp³-hybridized carbons (Fsp3) is 0. The van der Waals surface area contributed by atoms with E-state index in [4.69, 9.17) is 15.0 Å². The van der Waals surface area contributed by atoms with Gasteiger partial charge in [-0.2, -0.15) is 0 Å². The zero-order valence-corrected chi connectivity index (χ0v) is 5.30. The lowest BCUT2D eigenvalue weighted by Gasteiger charge is -1.76. The van der Waals surface area contributed by atoms with Crippen molar-refractivity contribution in [3.63, 3.8) is 0 Å². The zero-order valence-electron chi connectivity index (χ0n) is 5.30. The van der Waals surface area contributed by atoms with Gasteiger partial charge in [-0.05, 0) is 0 Å². The molecule has 0 unspecified atom stereocenters. The first-order chi connectivity index (χ1) is 5.22. The van der Waals surface area contributed by atoms with Gasteiger partial charge in [0.2, 0.25) is 5.76 Å². The number of aromatic nitrogens is 1. The second-order valence-corrected chi connectivity index (χ2v) is 1.29. The van der Waals surface area contributed by atoms with Crippen molar-refractivity contribution in [2.75, 3.05) is 0 Å². The number of nitrogens with zero attached hydrogens (tertiary/aromatic N) is 1. The molecule has 0 saturated carbocycles. The van der Waals surface area contributed by atoms with Gasteiger partial charge in [0.05, 0.1) is 6.20 Å². The highest BCUT2D eigenvalue weighted by Crippen LogP contribution is 1.93. The van der Waals surface area contributed by atoms with Crippen molar-refractivity contribution in [3.8, 4) is 0 Å². The largest absolute Gasteiger partial charge is 0.483 e. The van der Waals surface area contributed by atoms with Crippen LogP contribution in [-0.4, -0.2) is 27.8 Å². The molecular weight excluding hydrogens is 154 g/mol. The van der Waals surface area contributed by atoms with Crippen molar-refractivity contribution < 1.29 is 24.3 Å². The van der Waals surface area contributed by atoms with Gasteiger partial charge in [-0.25, -0.2) is 4.79 Å². The second kappa shape index (κ2) is 4.98. The summed E-state index contributed by atoms with van der Waals surface area (Å²) >= 11 is 0. The van der Waals surface area contributed by atoms with Crippen molar-refractivity contribution in [2.45, 2.75) is 0 Å². The monoisotopic (exact) mass is 159 g/mol. The molecule has 11 heavy (non-hydrogen) atoms. The van der Waals surface area contributed by atoms with E-state index in [-0.39, 0.29) is 12.2 Å². The third-order valence-electron chi connectivity index (χ3n) is 0.649. The predicted octanol–water partition coefficient (Wildman–Crippen LogP) is 0.0736. The van der Waals surface area contributed by atoms with Crippen LogP contribution in [0.4, 0.5) is 0 Å². The van der Waals surface area contributed by atoms with Crippen molar-refractivity contribution in [1.82, 2.24) is 5.16 Å². The summed E-state index contributed by atoms with van der Waals surface area (Å²) in [5, 5.41) is 18.2. The normalized spacial score (nSPS) is 7.64. The van der Waals surface area contributed by atoms with E-state index in [2.05, 4.69) is 9.68 Å². The predicted molar refractivity (Wildman–Crippen MR) is 32.2 cm³/mol. The van der Waals surface area contributed by atoms with Crippen molar-refractivity contribution in [2.24, 2.45) is 0 Å². The third-order valence-corrected chi connectivity index (χ3v) is 0.649. The molecule has 0 spiro atoms. The first-order valence-electron chi connectivity index (χ1n) is 2.44. The maximum atomic E-state index is 9.93. The highest BCUT2D eigenvalue weighted by atomic mass is 16.5. The third kappa shape index (κ3) is 3.68. The topological polar surface area (TPSA) is 101 Å². The lowest BCUT2D eigenvalue weighted by molar-refractivity contribution is -0.122. The number of hydrogen-bond donors (Lipinski definition) is 2. The maximum absolute atomic E-state index is 9.93. The van der Waals surface area contributed by atoms with E-state index in [1.807, 2.05) is 0 Å². The van der Waals surface area contributed by atoms with E-state index in [1.54, 1.807) is 0 Å². The quantitative estimate of drug-likeness (QED) is 0.562. The number of hydrogen-bond acceptors (Lipinski definition) is 4. The van der Waals surface area contributed by atoms with Crippen LogP contribution in [0.1, 0.15) is 10.6 Å².